The minimum absolute atomic E-state index is 0.189. The highest BCUT2D eigenvalue weighted by Gasteiger charge is 2.62. The maximum atomic E-state index is 13.3. The lowest BCUT2D eigenvalue weighted by molar-refractivity contribution is 0.0396. The van der Waals surface area contributed by atoms with E-state index >= 15 is 0 Å². The van der Waals surface area contributed by atoms with Crippen molar-refractivity contribution in [1.82, 2.24) is 24.7 Å². The molecule has 1 aliphatic carbocycles. The third-order valence-corrected chi connectivity index (χ3v) is 4.91. The van der Waals surface area contributed by atoms with Gasteiger partial charge in [0.05, 0.1) is 42.8 Å². The quantitative estimate of drug-likeness (QED) is 0.743. The van der Waals surface area contributed by atoms with Gasteiger partial charge >= 0.3 is 0 Å². The minimum atomic E-state index is -1.02. The van der Waals surface area contributed by atoms with Crippen LogP contribution in [-0.4, -0.2) is 36.9 Å². The summed E-state index contributed by atoms with van der Waals surface area (Å²) >= 11 is 0. The van der Waals surface area contributed by atoms with Gasteiger partial charge in [-0.3, -0.25) is 4.68 Å². The molecule has 7 nitrogen and oxygen atoms in total. The predicted molar refractivity (Wildman–Crippen MR) is 87.9 cm³/mol. The van der Waals surface area contributed by atoms with Crippen molar-refractivity contribution < 1.29 is 4.39 Å². The van der Waals surface area contributed by atoms with Crippen LogP contribution in [0.15, 0.2) is 31.0 Å². The molecule has 0 unspecified atom stereocenters. The second-order valence-electron chi connectivity index (χ2n) is 6.52. The Morgan fingerprint density at radius 2 is 2.28 bits per heavy atom. The first-order chi connectivity index (χ1) is 12.2. The van der Waals surface area contributed by atoms with Crippen LogP contribution in [0.25, 0.3) is 27.1 Å². The molecule has 0 bridgehead atoms. The molecule has 25 heavy (non-hydrogen) atoms. The van der Waals surface area contributed by atoms with Crippen LogP contribution in [0.3, 0.4) is 0 Å². The number of nitrogens with zero attached hydrogens (tertiary/aromatic N) is 6. The molecule has 0 saturated heterocycles. The number of H-pyrrole nitrogens is 1. The first-order valence-electron chi connectivity index (χ1n) is 7.80. The maximum Gasteiger partial charge on any atom is 0.265 e. The van der Waals surface area contributed by atoms with E-state index in [0.717, 1.165) is 22.3 Å². The molecule has 1 saturated carbocycles. The molecule has 0 atom stereocenters. The summed E-state index contributed by atoms with van der Waals surface area (Å²) in [4.78, 5) is 15.0. The van der Waals surface area contributed by atoms with Crippen molar-refractivity contribution in [2.45, 2.75) is 30.3 Å². The molecule has 1 aliphatic rings. The van der Waals surface area contributed by atoms with E-state index in [9.17, 15) is 9.65 Å². The fourth-order valence-corrected chi connectivity index (χ4v) is 3.70. The zero-order valence-electron chi connectivity index (χ0n) is 13.3. The van der Waals surface area contributed by atoms with Crippen LogP contribution in [0.5, 0.6) is 0 Å². The van der Waals surface area contributed by atoms with Gasteiger partial charge in [-0.15, -0.1) is 0 Å². The molecule has 3 aromatic rings. The highest BCUT2D eigenvalue weighted by molar-refractivity contribution is 5.89. The number of halogens is 1. The summed E-state index contributed by atoms with van der Waals surface area (Å²) in [6, 6.07) is 4.05. The first kappa shape index (κ1) is 15.3. The minimum Gasteiger partial charge on any atom is -0.346 e. The average molecular weight is 335 g/mol. The molecule has 0 aromatic carbocycles. The van der Waals surface area contributed by atoms with Gasteiger partial charge in [-0.2, -0.15) is 10.4 Å². The molecule has 1 N–H and O–H groups in total. The normalized spacial score (nSPS) is 25.2. The number of aromatic amines is 1. The smallest absolute Gasteiger partial charge is 0.265 e. The molecule has 3 aromatic heterocycles. The number of fused-ring (bicyclic) bond motifs is 1. The molecule has 3 heterocycles. The summed E-state index contributed by atoms with van der Waals surface area (Å²) in [5.41, 5.74) is 0.619. The van der Waals surface area contributed by atoms with Crippen molar-refractivity contribution in [3.05, 3.63) is 42.4 Å². The van der Waals surface area contributed by atoms with Crippen LogP contribution in [0, 0.1) is 17.9 Å². The van der Waals surface area contributed by atoms with Crippen LogP contribution >= 0.6 is 0 Å². The van der Waals surface area contributed by atoms with Gasteiger partial charge in [0.2, 0.25) is 0 Å². The maximum absolute atomic E-state index is 13.3. The zero-order chi connectivity index (χ0) is 17.5. The van der Waals surface area contributed by atoms with Gasteiger partial charge < -0.3 is 9.83 Å². The summed E-state index contributed by atoms with van der Waals surface area (Å²) in [6.07, 6.45) is 7.54. The van der Waals surface area contributed by atoms with E-state index in [2.05, 4.69) is 31.0 Å². The van der Waals surface area contributed by atoms with Gasteiger partial charge in [-0.05, 0) is 6.07 Å². The Bertz CT molecular complexity index is 1010. The number of nitriles is 1. The largest absolute Gasteiger partial charge is 0.346 e. The molecule has 0 spiro atoms. The highest BCUT2D eigenvalue weighted by Crippen LogP contribution is 2.51. The van der Waals surface area contributed by atoms with Gasteiger partial charge in [-0.1, -0.05) is 0 Å². The second kappa shape index (κ2) is 5.38. The Labute approximate surface area is 143 Å². The molecule has 124 valence electrons. The SMILES string of the molecule is [C-]#[N+]C1(CF)CC(CC#N)(n2cc(-c3ncnc4[nH]ccc34)cn2)C1. The fourth-order valence-electron chi connectivity index (χ4n) is 3.70. The van der Waals surface area contributed by atoms with Crippen molar-refractivity contribution in [2.75, 3.05) is 6.67 Å². The Hall–Kier alpha value is -3.26. The fraction of sp³-hybridized carbons (Fsp3) is 0.353. The Balaban J connectivity index is 1.72. The van der Waals surface area contributed by atoms with Crippen LogP contribution in [-0.2, 0) is 5.54 Å². The van der Waals surface area contributed by atoms with E-state index in [-0.39, 0.29) is 19.3 Å². The van der Waals surface area contributed by atoms with E-state index in [4.69, 9.17) is 6.57 Å². The standard InChI is InChI=1S/C17H14FN7/c1-20-16(10-18)8-17(9-16,3-4-19)25-7-12(6-24-25)14-13-2-5-21-15(13)23-11-22-14/h2,5-7,11H,3,8-10H2,(H,21,22,23). The van der Waals surface area contributed by atoms with Crippen molar-refractivity contribution in [1.29, 1.82) is 5.26 Å². The lowest BCUT2D eigenvalue weighted by atomic mass is 9.62. The number of aromatic nitrogens is 5. The number of alkyl halides is 1. The van der Waals surface area contributed by atoms with E-state index < -0.39 is 17.8 Å². The van der Waals surface area contributed by atoms with Crippen LogP contribution in [0.4, 0.5) is 4.39 Å². The molecular formula is C17H14FN7. The molecule has 1 fully saturated rings. The molecule has 8 heteroatoms. The summed E-state index contributed by atoms with van der Waals surface area (Å²) in [6.45, 7) is 6.54. The Morgan fingerprint density at radius 1 is 1.44 bits per heavy atom. The lowest BCUT2D eigenvalue weighted by Crippen LogP contribution is -2.57. The third-order valence-electron chi connectivity index (χ3n) is 4.91. The van der Waals surface area contributed by atoms with Crippen molar-refractivity contribution in [2.24, 2.45) is 0 Å². The van der Waals surface area contributed by atoms with E-state index in [1.165, 1.54) is 6.33 Å². The zero-order valence-corrected chi connectivity index (χ0v) is 13.3. The van der Waals surface area contributed by atoms with Crippen molar-refractivity contribution in [3.63, 3.8) is 0 Å². The number of rotatable bonds is 4. The molecular weight excluding hydrogens is 321 g/mol. The van der Waals surface area contributed by atoms with E-state index in [1.54, 1.807) is 17.1 Å². The van der Waals surface area contributed by atoms with Gasteiger partial charge in [0.25, 0.3) is 5.54 Å². The molecule has 0 amide bonds. The Kier molecular flexibility index (Phi) is 3.29. The number of hydrogen-bond donors (Lipinski definition) is 1. The van der Waals surface area contributed by atoms with Crippen LogP contribution in [0.1, 0.15) is 19.3 Å². The van der Waals surface area contributed by atoms with Gasteiger partial charge in [0.1, 0.15) is 12.0 Å². The summed E-state index contributed by atoms with van der Waals surface area (Å²) in [7, 11) is 0. The average Bonchev–Trinajstić information content (AvgIpc) is 3.26. The highest BCUT2D eigenvalue weighted by atomic mass is 19.1. The monoisotopic (exact) mass is 335 g/mol. The molecule has 0 radical (unpaired) electrons. The lowest BCUT2D eigenvalue weighted by Gasteiger charge is -2.46. The Morgan fingerprint density at radius 3 is 3.00 bits per heavy atom. The number of hydrogen-bond acceptors (Lipinski definition) is 4. The van der Waals surface area contributed by atoms with Crippen LogP contribution in [0.2, 0.25) is 0 Å². The first-order valence-corrected chi connectivity index (χ1v) is 7.80. The van der Waals surface area contributed by atoms with E-state index in [0.29, 0.717) is 0 Å². The van der Waals surface area contributed by atoms with Crippen molar-refractivity contribution in [3.8, 4) is 17.3 Å². The van der Waals surface area contributed by atoms with E-state index in [1.807, 2.05) is 12.3 Å². The second-order valence-corrected chi connectivity index (χ2v) is 6.52. The summed E-state index contributed by atoms with van der Waals surface area (Å²) in [5.74, 6) is 0. The topological polar surface area (TPSA) is 87.5 Å². The van der Waals surface area contributed by atoms with Gasteiger partial charge in [0.15, 0.2) is 6.67 Å². The molecule has 4 rings (SSSR count). The third kappa shape index (κ3) is 2.18. The summed E-state index contributed by atoms with van der Waals surface area (Å²) < 4.78 is 15.0. The van der Waals surface area contributed by atoms with Gasteiger partial charge in [-0.25, -0.2) is 20.9 Å². The molecule has 0 aliphatic heterocycles. The van der Waals surface area contributed by atoms with Gasteiger partial charge in [0, 0.05) is 23.3 Å². The van der Waals surface area contributed by atoms with Crippen molar-refractivity contribution >= 4 is 11.0 Å². The number of nitrogens with one attached hydrogen (secondary N) is 1. The summed E-state index contributed by atoms with van der Waals surface area (Å²) in [5, 5.41) is 14.5. The predicted octanol–water partition coefficient (Wildman–Crippen LogP) is 2.85. The van der Waals surface area contributed by atoms with Crippen LogP contribution < -0.4 is 0 Å².